The zero-order valence-electron chi connectivity index (χ0n) is 15.3. The van der Waals surface area contributed by atoms with Crippen molar-refractivity contribution in [2.45, 2.75) is 34.6 Å². The van der Waals surface area contributed by atoms with E-state index in [0.29, 0.717) is 0 Å². The third-order valence-corrected chi connectivity index (χ3v) is 4.41. The maximum Gasteiger partial charge on any atom is 0.337 e. The van der Waals surface area contributed by atoms with Gasteiger partial charge in [0, 0.05) is 0 Å². The second-order valence-corrected chi connectivity index (χ2v) is 7.24. The van der Waals surface area contributed by atoms with Crippen molar-refractivity contribution in [3.63, 3.8) is 0 Å². The molecule has 7 heteroatoms. The van der Waals surface area contributed by atoms with Gasteiger partial charge in [-0.05, 0) is 31.4 Å². The zero-order valence-corrected chi connectivity index (χ0v) is 15.3. The number of ether oxygens (including phenoxy) is 1. The number of para-hydroxylation sites is 1. The Morgan fingerprint density at radius 2 is 1.68 bits per heavy atom. The van der Waals surface area contributed by atoms with Crippen LogP contribution in [0.3, 0.4) is 0 Å². The molecule has 0 unspecified atom stereocenters. The van der Waals surface area contributed by atoms with Crippen molar-refractivity contribution in [1.82, 2.24) is 5.32 Å². The van der Waals surface area contributed by atoms with Gasteiger partial charge < -0.3 is 20.5 Å². The number of carboxylic acid groups (broad SMARTS) is 1. The van der Waals surface area contributed by atoms with E-state index < -0.39 is 17.4 Å². The van der Waals surface area contributed by atoms with E-state index in [1.165, 1.54) is 12.1 Å². The molecule has 25 heavy (non-hydrogen) atoms. The summed E-state index contributed by atoms with van der Waals surface area (Å²) in [6.07, 6.45) is 0. The Morgan fingerprint density at radius 3 is 2.24 bits per heavy atom. The fourth-order valence-electron chi connectivity index (χ4n) is 1.74. The van der Waals surface area contributed by atoms with Gasteiger partial charge in [0.2, 0.25) is 0 Å². The van der Waals surface area contributed by atoms with Crippen LogP contribution in [0.5, 0.6) is 0 Å². The van der Waals surface area contributed by atoms with Gasteiger partial charge in [0.15, 0.2) is 0 Å². The third kappa shape index (κ3) is 5.48. The predicted octanol–water partition coefficient (Wildman–Crippen LogP) is 3.12. The summed E-state index contributed by atoms with van der Waals surface area (Å²) in [4.78, 5) is 35.1. The number of nitrogens with one attached hydrogen (secondary N) is 2. The van der Waals surface area contributed by atoms with Crippen molar-refractivity contribution in [2.75, 3.05) is 18.5 Å². The fraction of sp³-hybridized carbons (Fsp3) is 0.500. The summed E-state index contributed by atoms with van der Waals surface area (Å²) in [7, 11) is 0. The number of carbonyl (C=O) groups excluding carboxylic acids is 2. The first-order chi connectivity index (χ1) is 11.5. The first kappa shape index (κ1) is 20.5. The van der Waals surface area contributed by atoms with Crippen LogP contribution in [0.2, 0.25) is 0 Å². The van der Waals surface area contributed by atoms with Crippen LogP contribution in [-0.2, 0) is 9.53 Å². The monoisotopic (exact) mass is 350 g/mol. The Balaban J connectivity index is 2.47. The van der Waals surface area contributed by atoms with Gasteiger partial charge >= 0.3 is 18.0 Å². The number of rotatable bonds is 6. The summed E-state index contributed by atoms with van der Waals surface area (Å²) >= 11 is 0. The molecule has 1 rings (SSSR count). The van der Waals surface area contributed by atoms with E-state index in [9.17, 15) is 14.4 Å². The van der Waals surface area contributed by atoms with Crippen LogP contribution in [-0.4, -0.2) is 36.2 Å². The molecule has 0 aliphatic heterocycles. The Labute approximate surface area is 147 Å². The molecule has 1 aromatic rings. The molecule has 0 radical (unpaired) electrons. The minimum absolute atomic E-state index is 0.00370. The molecular formula is C18H26N2O5. The number of carboxylic acids is 1. The third-order valence-electron chi connectivity index (χ3n) is 4.41. The van der Waals surface area contributed by atoms with E-state index >= 15 is 0 Å². The van der Waals surface area contributed by atoms with E-state index in [2.05, 4.69) is 10.6 Å². The molecular weight excluding hydrogens is 324 g/mol. The highest BCUT2D eigenvalue weighted by atomic mass is 16.5. The van der Waals surface area contributed by atoms with E-state index in [1.54, 1.807) is 12.1 Å². The van der Waals surface area contributed by atoms with Crippen LogP contribution in [0.25, 0.3) is 0 Å². The molecule has 0 atom stereocenters. The maximum absolute atomic E-state index is 12.2. The highest BCUT2D eigenvalue weighted by Gasteiger charge is 2.41. The van der Waals surface area contributed by atoms with Gasteiger partial charge in [0.1, 0.15) is 6.61 Å². The topological polar surface area (TPSA) is 105 Å². The molecule has 0 saturated carbocycles. The van der Waals surface area contributed by atoms with Crippen LogP contribution in [0.15, 0.2) is 24.3 Å². The molecule has 1 aromatic carbocycles. The lowest BCUT2D eigenvalue weighted by Crippen LogP contribution is -2.40. The molecule has 0 bridgehead atoms. The van der Waals surface area contributed by atoms with Gasteiger partial charge in [-0.2, -0.15) is 0 Å². The lowest BCUT2D eigenvalue weighted by atomic mass is 9.69. The average Bonchev–Trinajstić information content (AvgIpc) is 2.50. The number of urea groups is 1. The van der Waals surface area contributed by atoms with Gasteiger partial charge in [0.25, 0.3) is 0 Å². The van der Waals surface area contributed by atoms with E-state index in [1.807, 2.05) is 34.6 Å². The first-order valence-electron chi connectivity index (χ1n) is 8.01. The zero-order chi connectivity index (χ0) is 19.3. The van der Waals surface area contributed by atoms with Gasteiger partial charge in [0.05, 0.1) is 23.2 Å². The summed E-state index contributed by atoms with van der Waals surface area (Å²) < 4.78 is 5.22. The SMILES string of the molecule is CC(C)(C)C(C)(C)C(=O)OCCNC(=O)Nc1ccccc1C(=O)O. The number of carbonyl (C=O) groups is 3. The highest BCUT2D eigenvalue weighted by Crippen LogP contribution is 2.38. The minimum Gasteiger partial charge on any atom is -0.478 e. The fourth-order valence-corrected chi connectivity index (χ4v) is 1.74. The van der Waals surface area contributed by atoms with Crippen molar-refractivity contribution >= 4 is 23.7 Å². The van der Waals surface area contributed by atoms with Gasteiger partial charge in [-0.15, -0.1) is 0 Å². The Bertz CT molecular complexity index is 647. The summed E-state index contributed by atoms with van der Waals surface area (Å²) in [5.41, 5.74) is -0.722. The smallest absolute Gasteiger partial charge is 0.337 e. The van der Waals surface area contributed by atoms with Crippen LogP contribution in [0, 0.1) is 10.8 Å². The predicted molar refractivity (Wildman–Crippen MR) is 94.6 cm³/mol. The minimum atomic E-state index is -1.13. The Hall–Kier alpha value is -2.57. The molecule has 0 saturated heterocycles. The number of hydrogen-bond acceptors (Lipinski definition) is 4. The lowest BCUT2D eigenvalue weighted by Gasteiger charge is -2.36. The molecule has 0 heterocycles. The average molecular weight is 350 g/mol. The standard InChI is InChI=1S/C18H26N2O5/c1-17(2,3)18(4,5)15(23)25-11-10-19-16(24)20-13-9-7-6-8-12(13)14(21)22/h6-9H,10-11H2,1-5H3,(H,21,22)(H2,19,20,24). The van der Waals surface area contributed by atoms with Crippen molar-refractivity contribution in [2.24, 2.45) is 10.8 Å². The number of aromatic carboxylic acids is 1. The molecule has 3 N–H and O–H groups in total. The second kappa shape index (κ2) is 8.00. The molecule has 0 aliphatic carbocycles. The van der Waals surface area contributed by atoms with E-state index in [-0.39, 0.29) is 35.8 Å². The second-order valence-electron chi connectivity index (χ2n) is 7.24. The number of hydrogen-bond donors (Lipinski definition) is 3. The Morgan fingerprint density at radius 1 is 1.08 bits per heavy atom. The number of esters is 1. The largest absolute Gasteiger partial charge is 0.478 e. The molecule has 0 aliphatic rings. The number of anilines is 1. The lowest BCUT2D eigenvalue weighted by molar-refractivity contribution is -0.160. The van der Waals surface area contributed by atoms with Crippen molar-refractivity contribution in [1.29, 1.82) is 0 Å². The van der Waals surface area contributed by atoms with Crippen LogP contribution in [0.4, 0.5) is 10.5 Å². The van der Waals surface area contributed by atoms with Crippen molar-refractivity contribution < 1.29 is 24.2 Å². The normalized spacial score (nSPS) is 11.6. The molecule has 0 aromatic heterocycles. The summed E-state index contributed by atoms with van der Waals surface area (Å²) in [6, 6.07) is 5.52. The number of amides is 2. The highest BCUT2D eigenvalue weighted by molar-refractivity contribution is 5.99. The molecule has 2 amide bonds. The summed E-state index contributed by atoms with van der Waals surface area (Å²) in [5.74, 6) is -1.47. The van der Waals surface area contributed by atoms with Gasteiger partial charge in [-0.25, -0.2) is 9.59 Å². The Kier molecular flexibility index (Phi) is 6.55. The quantitative estimate of drug-likeness (QED) is 0.540. The molecule has 138 valence electrons. The number of benzene rings is 1. The molecule has 7 nitrogen and oxygen atoms in total. The molecule has 0 spiro atoms. The van der Waals surface area contributed by atoms with Crippen molar-refractivity contribution in [3.05, 3.63) is 29.8 Å². The maximum atomic E-state index is 12.2. The summed E-state index contributed by atoms with van der Waals surface area (Å²) in [5, 5.41) is 14.1. The van der Waals surface area contributed by atoms with Crippen LogP contribution >= 0.6 is 0 Å². The van der Waals surface area contributed by atoms with E-state index in [4.69, 9.17) is 9.84 Å². The van der Waals surface area contributed by atoms with Gasteiger partial charge in [-0.1, -0.05) is 32.9 Å². The van der Waals surface area contributed by atoms with Gasteiger partial charge in [-0.3, -0.25) is 4.79 Å². The van der Waals surface area contributed by atoms with Crippen LogP contribution < -0.4 is 10.6 Å². The molecule has 0 fully saturated rings. The summed E-state index contributed by atoms with van der Waals surface area (Å²) in [6.45, 7) is 9.66. The first-order valence-corrected chi connectivity index (χ1v) is 8.01. The van der Waals surface area contributed by atoms with Crippen molar-refractivity contribution in [3.8, 4) is 0 Å². The van der Waals surface area contributed by atoms with Crippen LogP contribution in [0.1, 0.15) is 45.0 Å². The van der Waals surface area contributed by atoms with E-state index in [0.717, 1.165) is 0 Å².